The van der Waals surface area contributed by atoms with Crippen molar-refractivity contribution in [2.75, 3.05) is 5.32 Å². The van der Waals surface area contributed by atoms with Gasteiger partial charge in [-0.25, -0.2) is 0 Å². The number of carbonyl (C=O) groups is 1. The Morgan fingerprint density at radius 3 is 2.59 bits per heavy atom. The van der Waals surface area contributed by atoms with Crippen molar-refractivity contribution in [2.24, 2.45) is 0 Å². The molecule has 1 N–H and O–H groups in total. The maximum absolute atomic E-state index is 12.2. The summed E-state index contributed by atoms with van der Waals surface area (Å²) < 4.78 is 0. The minimum atomic E-state index is -0.493. The van der Waals surface area contributed by atoms with Crippen molar-refractivity contribution in [3.8, 4) is 6.07 Å². The van der Waals surface area contributed by atoms with Crippen molar-refractivity contribution in [2.45, 2.75) is 6.92 Å². The molecule has 3 nitrogen and oxygen atoms in total. The summed E-state index contributed by atoms with van der Waals surface area (Å²) in [5.74, 6) is -0.493. The first kappa shape index (κ1) is 16.1. The van der Waals surface area contributed by atoms with E-state index in [1.54, 1.807) is 42.5 Å². The maximum Gasteiger partial charge on any atom is 0.266 e. The molecular weight excluding hydrogens is 319 g/mol. The largest absolute Gasteiger partial charge is 0.321 e. The van der Waals surface area contributed by atoms with Crippen LogP contribution < -0.4 is 5.32 Å². The van der Waals surface area contributed by atoms with E-state index in [2.05, 4.69) is 5.32 Å². The van der Waals surface area contributed by atoms with E-state index in [-0.39, 0.29) is 5.57 Å². The number of nitrogens with one attached hydrogen (secondary N) is 1. The molecule has 0 unspecified atom stereocenters. The Balaban J connectivity index is 2.26. The molecule has 0 bridgehead atoms. The lowest BCUT2D eigenvalue weighted by Gasteiger charge is -2.08. The Morgan fingerprint density at radius 2 is 1.91 bits per heavy atom. The Labute approximate surface area is 138 Å². The van der Waals surface area contributed by atoms with Gasteiger partial charge in [0.2, 0.25) is 0 Å². The number of anilines is 1. The van der Waals surface area contributed by atoms with Gasteiger partial charge >= 0.3 is 0 Å². The van der Waals surface area contributed by atoms with Crippen molar-refractivity contribution in [1.29, 1.82) is 5.26 Å². The Morgan fingerprint density at radius 1 is 1.18 bits per heavy atom. The van der Waals surface area contributed by atoms with Gasteiger partial charge in [-0.1, -0.05) is 41.4 Å². The van der Waals surface area contributed by atoms with Crippen LogP contribution in [-0.2, 0) is 4.79 Å². The Kier molecular flexibility index (Phi) is 5.21. The fourth-order valence-corrected chi connectivity index (χ4v) is 2.20. The van der Waals surface area contributed by atoms with E-state index in [0.717, 1.165) is 5.56 Å². The molecule has 0 aliphatic rings. The van der Waals surface area contributed by atoms with Crippen LogP contribution >= 0.6 is 23.2 Å². The summed E-state index contributed by atoms with van der Waals surface area (Å²) in [4.78, 5) is 12.2. The van der Waals surface area contributed by atoms with Crippen LogP contribution in [0.15, 0.2) is 48.0 Å². The minimum Gasteiger partial charge on any atom is -0.321 e. The first-order valence-corrected chi connectivity index (χ1v) is 7.20. The van der Waals surface area contributed by atoms with Crippen LogP contribution in [0.3, 0.4) is 0 Å². The van der Waals surface area contributed by atoms with Crippen molar-refractivity contribution in [1.82, 2.24) is 0 Å². The molecule has 0 heterocycles. The van der Waals surface area contributed by atoms with Gasteiger partial charge in [0.25, 0.3) is 5.91 Å². The summed E-state index contributed by atoms with van der Waals surface area (Å²) in [6, 6.07) is 14.0. The fourth-order valence-electron chi connectivity index (χ4n) is 1.83. The first-order valence-electron chi connectivity index (χ1n) is 6.44. The van der Waals surface area contributed by atoms with E-state index < -0.39 is 5.91 Å². The highest BCUT2D eigenvalue weighted by Gasteiger charge is 2.11. The number of halogens is 2. The van der Waals surface area contributed by atoms with Gasteiger partial charge in [-0.05, 0) is 48.4 Å². The molecule has 0 radical (unpaired) electrons. The Hall–Kier alpha value is -2.28. The summed E-state index contributed by atoms with van der Waals surface area (Å²) in [7, 11) is 0. The van der Waals surface area contributed by atoms with Gasteiger partial charge in [-0.2, -0.15) is 5.26 Å². The third-order valence-electron chi connectivity index (χ3n) is 2.97. The van der Waals surface area contributed by atoms with Crippen LogP contribution in [0.2, 0.25) is 10.0 Å². The molecule has 2 aromatic rings. The predicted molar refractivity (Wildman–Crippen MR) is 89.9 cm³/mol. The lowest BCUT2D eigenvalue weighted by molar-refractivity contribution is -0.112. The van der Waals surface area contributed by atoms with Crippen LogP contribution in [0.25, 0.3) is 6.08 Å². The fraction of sp³-hybridized carbons (Fsp3) is 0.0588. The number of amides is 1. The molecule has 0 aliphatic heterocycles. The standard InChI is InChI=1S/C17H12Cl2N2O/c1-11-5-6-15(19)9-16(11)21-17(22)13(10-20)7-12-3-2-4-14(18)8-12/h2-9H,1H3,(H,21,22)/b13-7+. The summed E-state index contributed by atoms with van der Waals surface area (Å²) in [5.41, 5.74) is 2.10. The van der Waals surface area contributed by atoms with E-state index >= 15 is 0 Å². The van der Waals surface area contributed by atoms with Crippen LogP contribution in [0, 0.1) is 18.3 Å². The molecule has 5 heteroatoms. The van der Waals surface area contributed by atoms with Gasteiger partial charge in [0.05, 0.1) is 0 Å². The normalized spacial score (nSPS) is 10.9. The second kappa shape index (κ2) is 7.13. The number of nitriles is 1. The van der Waals surface area contributed by atoms with Gasteiger partial charge in [-0.3, -0.25) is 4.79 Å². The second-order valence-electron chi connectivity index (χ2n) is 4.64. The molecule has 0 saturated heterocycles. The van der Waals surface area contributed by atoms with E-state index in [9.17, 15) is 10.1 Å². The number of carbonyl (C=O) groups excluding carboxylic acids is 1. The van der Waals surface area contributed by atoms with Crippen LogP contribution in [0.4, 0.5) is 5.69 Å². The van der Waals surface area contributed by atoms with E-state index in [1.807, 2.05) is 13.0 Å². The van der Waals surface area contributed by atoms with E-state index in [4.69, 9.17) is 23.2 Å². The highest BCUT2D eigenvalue weighted by molar-refractivity contribution is 6.31. The quantitative estimate of drug-likeness (QED) is 0.646. The number of benzene rings is 2. The number of hydrogen-bond donors (Lipinski definition) is 1. The van der Waals surface area contributed by atoms with E-state index in [0.29, 0.717) is 21.3 Å². The molecule has 2 aromatic carbocycles. The molecule has 0 atom stereocenters. The average Bonchev–Trinajstić information content (AvgIpc) is 2.48. The van der Waals surface area contributed by atoms with E-state index in [1.165, 1.54) is 6.08 Å². The minimum absolute atomic E-state index is 0.0124. The molecule has 0 aliphatic carbocycles. The highest BCUT2D eigenvalue weighted by atomic mass is 35.5. The zero-order chi connectivity index (χ0) is 16.1. The van der Waals surface area contributed by atoms with Crippen LogP contribution in [-0.4, -0.2) is 5.91 Å². The number of aryl methyl sites for hydroxylation is 1. The lowest BCUT2D eigenvalue weighted by atomic mass is 10.1. The molecule has 22 heavy (non-hydrogen) atoms. The van der Waals surface area contributed by atoms with Gasteiger partial charge in [-0.15, -0.1) is 0 Å². The van der Waals surface area contributed by atoms with Crippen molar-refractivity contribution < 1.29 is 4.79 Å². The van der Waals surface area contributed by atoms with Crippen molar-refractivity contribution >= 4 is 40.9 Å². The highest BCUT2D eigenvalue weighted by Crippen LogP contribution is 2.21. The van der Waals surface area contributed by atoms with Gasteiger partial charge < -0.3 is 5.32 Å². The SMILES string of the molecule is Cc1ccc(Cl)cc1NC(=O)/C(C#N)=C/c1cccc(Cl)c1. The zero-order valence-corrected chi connectivity index (χ0v) is 13.2. The molecule has 2 rings (SSSR count). The molecular formula is C17H12Cl2N2O. The number of rotatable bonds is 3. The molecule has 0 fully saturated rings. The summed E-state index contributed by atoms with van der Waals surface area (Å²) in [6.07, 6.45) is 1.49. The third-order valence-corrected chi connectivity index (χ3v) is 3.44. The van der Waals surface area contributed by atoms with Crippen molar-refractivity contribution in [3.05, 3.63) is 69.2 Å². The molecule has 0 saturated carbocycles. The molecule has 1 amide bonds. The van der Waals surface area contributed by atoms with Crippen LogP contribution in [0.1, 0.15) is 11.1 Å². The molecule has 110 valence electrons. The Bertz CT molecular complexity index is 791. The predicted octanol–water partition coefficient (Wildman–Crippen LogP) is 4.85. The van der Waals surface area contributed by atoms with Gasteiger partial charge in [0.1, 0.15) is 11.6 Å². The van der Waals surface area contributed by atoms with Crippen LogP contribution in [0.5, 0.6) is 0 Å². The summed E-state index contributed by atoms with van der Waals surface area (Å²) in [5, 5.41) is 12.9. The number of nitrogens with zero attached hydrogens (tertiary/aromatic N) is 1. The number of hydrogen-bond acceptors (Lipinski definition) is 2. The average molecular weight is 331 g/mol. The first-order chi connectivity index (χ1) is 10.5. The molecule has 0 spiro atoms. The smallest absolute Gasteiger partial charge is 0.266 e. The van der Waals surface area contributed by atoms with Crippen molar-refractivity contribution in [3.63, 3.8) is 0 Å². The van der Waals surface area contributed by atoms with Gasteiger partial charge in [0.15, 0.2) is 0 Å². The monoisotopic (exact) mass is 330 g/mol. The topological polar surface area (TPSA) is 52.9 Å². The molecule has 0 aromatic heterocycles. The summed E-state index contributed by atoms with van der Waals surface area (Å²) in [6.45, 7) is 1.85. The zero-order valence-electron chi connectivity index (χ0n) is 11.7. The second-order valence-corrected chi connectivity index (χ2v) is 5.51. The third kappa shape index (κ3) is 4.11. The lowest BCUT2D eigenvalue weighted by Crippen LogP contribution is -2.14. The summed E-state index contributed by atoms with van der Waals surface area (Å²) >= 11 is 11.8. The van der Waals surface area contributed by atoms with Gasteiger partial charge in [0, 0.05) is 15.7 Å². The maximum atomic E-state index is 12.2.